The molecule has 0 bridgehead atoms. The molecule has 0 heterocycles. The SMILES string of the molecule is Cc1c(C)c(C(=O)c2ccccc2)c(C)c(C)c1Sc1ccc([S+](c2ccc(F)cc2)c2ccc(F)cc2)cc1. The van der Waals surface area contributed by atoms with Gasteiger partial charge in [-0.15, -0.1) is 0 Å². The summed E-state index contributed by atoms with van der Waals surface area (Å²) >= 11 is 1.69. The van der Waals surface area contributed by atoms with Crippen LogP contribution in [0, 0.1) is 39.3 Å². The van der Waals surface area contributed by atoms with Crippen LogP contribution in [0.1, 0.15) is 38.2 Å². The second-order valence-corrected chi connectivity index (χ2v) is 12.8. The standard InChI is InChI=1S/C35H29F2OS2/c1-22-24(3)35(25(4)23(2)33(22)34(38)26-8-6-5-7-9-26)39-29-14-20-32(21-15-29)40(30-16-10-27(36)11-17-30)31-18-12-28(37)13-19-31/h5-21H,1-4H3/q+1. The Balaban J connectivity index is 1.48. The molecule has 5 heteroatoms. The first-order valence-corrected chi connectivity index (χ1v) is 15.0. The van der Waals surface area contributed by atoms with Crippen LogP contribution >= 0.6 is 11.8 Å². The molecular weight excluding hydrogens is 539 g/mol. The smallest absolute Gasteiger partial charge is 0.193 e. The average Bonchev–Trinajstić information content (AvgIpc) is 2.97. The molecule has 0 aliphatic heterocycles. The van der Waals surface area contributed by atoms with Gasteiger partial charge in [0.25, 0.3) is 0 Å². The van der Waals surface area contributed by atoms with Crippen molar-refractivity contribution in [3.05, 3.63) is 148 Å². The maximum atomic E-state index is 13.7. The van der Waals surface area contributed by atoms with Gasteiger partial charge < -0.3 is 0 Å². The highest BCUT2D eigenvalue weighted by Gasteiger charge is 2.29. The molecule has 0 fully saturated rings. The summed E-state index contributed by atoms with van der Waals surface area (Å²) in [5.41, 5.74) is 5.70. The predicted molar refractivity (Wildman–Crippen MR) is 161 cm³/mol. The first-order valence-electron chi connectivity index (χ1n) is 13.0. The molecule has 5 aromatic carbocycles. The minimum Gasteiger partial charge on any atom is -0.289 e. The molecule has 0 aliphatic carbocycles. The van der Waals surface area contributed by atoms with E-state index in [-0.39, 0.29) is 17.4 Å². The van der Waals surface area contributed by atoms with Crippen molar-refractivity contribution in [1.82, 2.24) is 0 Å². The Hall–Kier alpha value is -3.67. The van der Waals surface area contributed by atoms with Crippen molar-refractivity contribution in [3.63, 3.8) is 0 Å². The summed E-state index contributed by atoms with van der Waals surface area (Å²) in [6.07, 6.45) is 0. The van der Waals surface area contributed by atoms with E-state index in [2.05, 4.69) is 38.1 Å². The van der Waals surface area contributed by atoms with Gasteiger partial charge in [0.1, 0.15) is 11.6 Å². The van der Waals surface area contributed by atoms with E-state index in [0.29, 0.717) is 5.56 Å². The van der Waals surface area contributed by atoms with Crippen molar-refractivity contribution in [1.29, 1.82) is 0 Å². The maximum Gasteiger partial charge on any atom is 0.193 e. The van der Waals surface area contributed by atoms with E-state index in [9.17, 15) is 13.6 Å². The third-order valence-electron chi connectivity index (χ3n) is 7.20. The highest BCUT2D eigenvalue weighted by Crippen LogP contribution is 2.40. The van der Waals surface area contributed by atoms with Crippen LogP contribution in [0.3, 0.4) is 0 Å². The molecule has 200 valence electrons. The molecule has 0 saturated carbocycles. The molecule has 0 atom stereocenters. The van der Waals surface area contributed by atoms with Crippen molar-refractivity contribution in [2.24, 2.45) is 0 Å². The van der Waals surface area contributed by atoms with Gasteiger partial charge in [-0.2, -0.15) is 0 Å². The summed E-state index contributed by atoms with van der Waals surface area (Å²) < 4.78 is 27.4. The van der Waals surface area contributed by atoms with Crippen LogP contribution in [0.5, 0.6) is 0 Å². The zero-order valence-corrected chi connectivity index (χ0v) is 24.4. The van der Waals surface area contributed by atoms with E-state index in [0.717, 1.165) is 52.3 Å². The molecule has 0 aromatic heterocycles. The number of ketones is 1. The van der Waals surface area contributed by atoms with Gasteiger partial charge in [-0.05, 0) is 123 Å². The molecule has 1 nitrogen and oxygen atoms in total. The molecule has 0 radical (unpaired) electrons. The van der Waals surface area contributed by atoms with Gasteiger partial charge in [0, 0.05) is 20.9 Å². The van der Waals surface area contributed by atoms with Crippen LogP contribution in [0.2, 0.25) is 0 Å². The second kappa shape index (κ2) is 11.8. The molecule has 5 aromatic rings. The van der Waals surface area contributed by atoms with Crippen LogP contribution in [0.25, 0.3) is 0 Å². The number of halogens is 2. The fourth-order valence-corrected chi connectivity index (χ4v) is 7.98. The monoisotopic (exact) mass is 567 g/mol. The number of benzene rings is 5. The summed E-state index contributed by atoms with van der Waals surface area (Å²) in [5.74, 6) is -0.520. The van der Waals surface area contributed by atoms with E-state index in [1.165, 1.54) is 24.3 Å². The molecule has 0 saturated heterocycles. The molecular formula is C35H29F2OS2+. The lowest BCUT2D eigenvalue weighted by Crippen LogP contribution is -2.10. The van der Waals surface area contributed by atoms with E-state index in [1.807, 2.05) is 44.2 Å². The van der Waals surface area contributed by atoms with E-state index in [4.69, 9.17) is 0 Å². The van der Waals surface area contributed by atoms with Gasteiger partial charge in [-0.25, -0.2) is 8.78 Å². The normalized spacial score (nSPS) is 11.2. The summed E-state index contributed by atoms with van der Waals surface area (Å²) in [4.78, 5) is 18.6. The number of hydrogen-bond donors (Lipinski definition) is 0. The van der Waals surface area contributed by atoms with Gasteiger partial charge in [0.2, 0.25) is 0 Å². The van der Waals surface area contributed by atoms with Gasteiger partial charge >= 0.3 is 0 Å². The third-order valence-corrected chi connectivity index (χ3v) is 10.8. The topological polar surface area (TPSA) is 17.1 Å². The summed E-state index contributed by atoms with van der Waals surface area (Å²) in [5, 5.41) is 0. The molecule has 40 heavy (non-hydrogen) atoms. The molecule has 0 aliphatic rings. The first-order chi connectivity index (χ1) is 19.2. The molecule has 0 amide bonds. The number of rotatable bonds is 7. The average molecular weight is 568 g/mol. The predicted octanol–water partition coefficient (Wildman–Crippen LogP) is 9.68. The van der Waals surface area contributed by atoms with E-state index < -0.39 is 10.9 Å². The third kappa shape index (κ3) is 5.63. The van der Waals surface area contributed by atoms with Gasteiger partial charge in [0.05, 0.1) is 10.9 Å². The van der Waals surface area contributed by atoms with Gasteiger partial charge in [0.15, 0.2) is 20.5 Å². The lowest BCUT2D eigenvalue weighted by molar-refractivity contribution is 0.103. The Kier molecular flexibility index (Phi) is 8.24. The van der Waals surface area contributed by atoms with Crippen molar-refractivity contribution in [2.45, 2.75) is 52.2 Å². The van der Waals surface area contributed by atoms with Gasteiger partial charge in [-0.3, -0.25) is 4.79 Å². The van der Waals surface area contributed by atoms with Crippen LogP contribution in [0.15, 0.2) is 128 Å². The molecule has 0 spiro atoms. The van der Waals surface area contributed by atoms with Crippen molar-refractivity contribution < 1.29 is 13.6 Å². The zero-order valence-electron chi connectivity index (χ0n) is 22.8. The quantitative estimate of drug-likeness (QED) is 0.144. The molecule has 0 N–H and O–H groups in total. The zero-order chi connectivity index (χ0) is 28.4. The van der Waals surface area contributed by atoms with Gasteiger partial charge in [-0.1, -0.05) is 42.1 Å². The Morgan fingerprint density at radius 3 is 1.45 bits per heavy atom. The lowest BCUT2D eigenvalue weighted by Gasteiger charge is -2.20. The van der Waals surface area contributed by atoms with Crippen molar-refractivity contribution in [2.75, 3.05) is 0 Å². The van der Waals surface area contributed by atoms with Crippen LogP contribution in [0.4, 0.5) is 8.78 Å². The first kappa shape index (κ1) is 27.9. The summed E-state index contributed by atoms with van der Waals surface area (Å²) in [6, 6.07) is 30.8. The maximum absolute atomic E-state index is 13.7. The fraction of sp³-hybridized carbons (Fsp3) is 0.114. The van der Waals surface area contributed by atoms with Crippen LogP contribution in [-0.2, 0) is 10.9 Å². The summed E-state index contributed by atoms with van der Waals surface area (Å²) in [7, 11) is -0.509. The van der Waals surface area contributed by atoms with Crippen LogP contribution < -0.4 is 0 Å². The molecule has 0 unspecified atom stereocenters. The minimum atomic E-state index is -0.509. The Bertz CT molecular complexity index is 1590. The lowest BCUT2D eigenvalue weighted by atomic mass is 9.89. The Morgan fingerprint density at radius 2 is 1.00 bits per heavy atom. The number of carbonyl (C=O) groups excluding carboxylic acids is 1. The Labute approximate surface area is 241 Å². The van der Waals surface area contributed by atoms with Crippen LogP contribution in [-0.4, -0.2) is 5.78 Å². The largest absolute Gasteiger partial charge is 0.289 e. The fourth-order valence-electron chi connectivity index (χ4n) is 4.82. The highest BCUT2D eigenvalue weighted by molar-refractivity contribution is 7.99. The van der Waals surface area contributed by atoms with E-state index >= 15 is 0 Å². The number of hydrogen-bond acceptors (Lipinski definition) is 2. The minimum absolute atomic E-state index is 0.0522. The van der Waals surface area contributed by atoms with Crippen molar-refractivity contribution in [3.8, 4) is 0 Å². The van der Waals surface area contributed by atoms with Crippen molar-refractivity contribution >= 4 is 28.4 Å². The van der Waals surface area contributed by atoms with E-state index in [1.54, 1.807) is 36.0 Å². The summed E-state index contributed by atoms with van der Waals surface area (Å²) in [6.45, 7) is 8.23. The highest BCUT2D eigenvalue weighted by atomic mass is 32.2. The Morgan fingerprint density at radius 1 is 0.575 bits per heavy atom. The second-order valence-electron chi connectivity index (χ2n) is 9.69. The number of carbonyl (C=O) groups is 1. The molecule has 5 rings (SSSR count).